The molecule has 108 valence electrons. The van der Waals surface area contributed by atoms with E-state index in [2.05, 4.69) is 0 Å². The van der Waals surface area contributed by atoms with Gasteiger partial charge in [-0.15, -0.1) is 0 Å². The Bertz CT molecular complexity index is 832. The largest absolute Gasteiger partial charge is 0.277 e. The van der Waals surface area contributed by atoms with Crippen molar-refractivity contribution in [1.29, 1.82) is 0 Å². The summed E-state index contributed by atoms with van der Waals surface area (Å²) in [6.45, 7) is 0. The normalized spacial score (nSPS) is 10.4. The van der Waals surface area contributed by atoms with Gasteiger partial charge in [0, 0.05) is 11.1 Å². The molecule has 3 nitrogen and oxygen atoms in total. The number of benzene rings is 3. The van der Waals surface area contributed by atoms with E-state index < -0.39 is 0 Å². The van der Waals surface area contributed by atoms with Crippen LogP contribution in [0.5, 0.6) is 0 Å². The minimum absolute atomic E-state index is 0.0852. The van der Waals surface area contributed by atoms with Crippen molar-refractivity contribution in [2.24, 2.45) is 0 Å². The topological polar surface area (TPSA) is 43.1 Å². The molecular weight excluding hydrogens is 298 g/mol. The van der Waals surface area contributed by atoms with Crippen LogP contribution in [-0.2, 0) is 0 Å². The Labute approximate surface area is 133 Å². The van der Waals surface area contributed by atoms with E-state index in [0.717, 1.165) is 16.7 Å². The van der Waals surface area contributed by atoms with Gasteiger partial charge in [0.05, 0.1) is 10.5 Å². The summed E-state index contributed by atoms with van der Waals surface area (Å²) in [5, 5.41) is 11.9. The molecule has 0 saturated heterocycles. The zero-order valence-electron chi connectivity index (χ0n) is 11.6. The van der Waals surface area contributed by atoms with E-state index in [1.165, 1.54) is 6.07 Å². The molecule has 4 heteroatoms. The molecular formula is C18H12ClNO2. The highest BCUT2D eigenvalue weighted by molar-refractivity contribution is 6.31. The molecule has 3 aromatic carbocycles. The SMILES string of the molecule is O=[N+]([O-])c1ccccc1-c1ccc(Cl)cc1-c1ccccc1. The summed E-state index contributed by atoms with van der Waals surface area (Å²) in [4.78, 5) is 10.9. The minimum Gasteiger partial charge on any atom is -0.258 e. The molecule has 0 bridgehead atoms. The zero-order valence-corrected chi connectivity index (χ0v) is 12.3. The number of para-hydroxylation sites is 1. The lowest BCUT2D eigenvalue weighted by atomic mass is 9.94. The van der Waals surface area contributed by atoms with Gasteiger partial charge in [-0.1, -0.05) is 60.1 Å². The molecule has 0 unspecified atom stereocenters. The number of nitro groups is 1. The van der Waals surface area contributed by atoms with E-state index >= 15 is 0 Å². The Morgan fingerprint density at radius 1 is 0.773 bits per heavy atom. The predicted molar refractivity (Wildman–Crippen MR) is 89.0 cm³/mol. The molecule has 0 heterocycles. The summed E-state index contributed by atoms with van der Waals surface area (Å²) in [5.41, 5.74) is 3.31. The monoisotopic (exact) mass is 309 g/mol. The molecule has 0 radical (unpaired) electrons. The second-order valence-corrected chi connectivity index (χ2v) is 5.27. The van der Waals surface area contributed by atoms with Gasteiger partial charge in [-0.05, 0) is 34.9 Å². The van der Waals surface area contributed by atoms with Crippen LogP contribution >= 0.6 is 11.6 Å². The van der Waals surface area contributed by atoms with Gasteiger partial charge in [0.15, 0.2) is 0 Å². The maximum absolute atomic E-state index is 11.3. The van der Waals surface area contributed by atoms with Crippen molar-refractivity contribution in [2.75, 3.05) is 0 Å². The van der Waals surface area contributed by atoms with Crippen molar-refractivity contribution in [3.05, 3.63) is 87.9 Å². The molecule has 0 N–H and O–H groups in total. The van der Waals surface area contributed by atoms with Crippen LogP contribution in [0.4, 0.5) is 5.69 Å². The third-order valence-electron chi connectivity index (χ3n) is 3.46. The van der Waals surface area contributed by atoms with E-state index in [9.17, 15) is 10.1 Å². The Balaban J connectivity index is 2.27. The average Bonchev–Trinajstić information content (AvgIpc) is 2.55. The van der Waals surface area contributed by atoms with E-state index in [-0.39, 0.29) is 10.6 Å². The fraction of sp³-hybridized carbons (Fsp3) is 0. The van der Waals surface area contributed by atoms with Crippen molar-refractivity contribution in [3.8, 4) is 22.3 Å². The van der Waals surface area contributed by atoms with Crippen molar-refractivity contribution in [2.45, 2.75) is 0 Å². The molecule has 0 spiro atoms. The molecule has 0 fully saturated rings. The summed E-state index contributed by atoms with van der Waals surface area (Å²) in [6.07, 6.45) is 0. The Morgan fingerprint density at radius 2 is 1.45 bits per heavy atom. The van der Waals surface area contributed by atoms with Crippen molar-refractivity contribution < 1.29 is 4.92 Å². The van der Waals surface area contributed by atoms with E-state index in [0.29, 0.717) is 10.6 Å². The maximum atomic E-state index is 11.3. The number of nitrogens with zero attached hydrogens (tertiary/aromatic N) is 1. The summed E-state index contributed by atoms with van der Waals surface area (Å²) in [5.74, 6) is 0. The second kappa shape index (κ2) is 6.00. The average molecular weight is 310 g/mol. The van der Waals surface area contributed by atoms with Gasteiger partial charge < -0.3 is 0 Å². The minimum atomic E-state index is -0.362. The lowest BCUT2D eigenvalue weighted by Crippen LogP contribution is -1.93. The first-order chi connectivity index (χ1) is 10.7. The molecule has 0 aliphatic carbocycles. The zero-order chi connectivity index (χ0) is 15.5. The van der Waals surface area contributed by atoms with Crippen molar-refractivity contribution in [3.63, 3.8) is 0 Å². The molecule has 22 heavy (non-hydrogen) atoms. The molecule has 0 atom stereocenters. The number of hydrogen-bond donors (Lipinski definition) is 0. The standard InChI is InChI=1S/C18H12ClNO2/c19-14-10-11-15(16-8-4-5-9-18(16)20(21)22)17(12-14)13-6-2-1-3-7-13/h1-12H. The Hall–Kier alpha value is -2.65. The van der Waals surface area contributed by atoms with Crippen molar-refractivity contribution in [1.82, 2.24) is 0 Å². The maximum Gasteiger partial charge on any atom is 0.277 e. The van der Waals surface area contributed by atoms with E-state index in [4.69, 9.17) is 11.6 Å². The van der Waals surface area contributed by atoms with E-state index in [1.54, 1.807) is 24.3 Å². The van der Waals surface area contributed by atoms with Crippen LogP contribution in [0.3, 0.4) is 0 Å². The summed E-state index contributed by atoms with van der Waals surface area (Å²) in [7, 11) is 0. The fourth-order valence-electron chi connectivity index (χ4n) is 2.47. The number of nitro benzene ring substituents is 1. The molecule has 0 aliphatic heterocycles. The molecule has 0 amide bonds. The van der Waals surface area contributed by atoms with Crippen LogP contribution in [0.2, 0.25) is 5.02 Å². The third-order valence-corrected chi connectivity index (χ3v) is 3.69. The third kappa shape index (κ3) is 2.71. The van der Waals surface area contributed by atoms with Gasteiger partial charge >= 0.3 is 0 Å². The van der Waals surface area contributed by atoms with Gasteiger partial charge in [0.1, 0.15) is 0 Å². The predicted octanol–water partition coefficient (Wildman–Crippen LogP) is 5.58. The lowest BCUT2D eigenvalue weighted by Gasteiger charge is -2.11. The number of rotatable bonds is 3. The highest BCUT2D eigenvalue weighted by Crippen LogP contribution is 2.38. The van der Waals surface area contributed by atoms with E-state index in [1.807, 2.05) is 42.5 Å². The van der Waals surface area contributed by atoms with Crippen LogP contribution in [0.1, 0.15) is 0 Å². The molecule has 3 aromatic rings. The van der Waals surface area contributed by atoms with Crippen LogP contribution in [-0.4, -0.2) is 4.92 Å². The first-order valence-electron chi connectivity index (χ1n) is 6.75. The van der Waals surface area contributed by atoms with Crippen molar-refractivity contribution >= 4 is 17.3 Å². The Kier molecular flexibility index (Phi) is 3.90. The molecule has 0 saturated carbocycles. The first kappa shape index (κ1) is 14.3. The highest BCUT2D eigenvalue weighted by atomic mass is 35.5. The summed E-state index contributed by atoms with van der Waals surface area (Å²) >= 11 is 6.12. The lowest BCUT2D eigenvalue weighted by molar-refractivity contribution is -0.384. The number of hydrogen-bond acceptors (Lipinski definition) is 2. The summed E-state index contributed by atoms with van der Waals surface area (Å²) in [6, 6.07) is 21.9. The molecule has 0 aliphatic rings. The van der Waals surface area contributed by atoms with Gasteiger partial charge in [0.25, 0.3) is 5.69 Å². The van der Waals surface area contributed by atoms with Crippen LogP contribution in [0.15, 0.2) is 72.8 Å². The van der Waals surface area contributed by atoms with Gasteiger partial charge in [-0.25, -0.2) is 0 Å². The quantitative estimate of drug-likeness (QED) is 0.468. The van der Waals surface area contributed by atoms with Crippen LogP contribution in [0.25, 0.3) is 22.3 Å². The van der Waals surface area contributed by atoms with Gasteiger partial charge in [-0.3, -0.25) is 10.1 Å². The molecule has 3 rings (SSSR count). The Morgan fingerprint density at radius 3 is 2.18 bits per heavy atom. The fourth-order valence-corrected chi connectivity index (χ4v) is 2.64. The first-order valence-corrected chi connectivity index (χ1v) is 7.13. The number of halogens is 1. The molecule has 0 aromatic heterocycles. The van der Waals surface area contributed by atoms with Gasteiger partial charge in [-0.2, -0.15) is 0 Å². The summed E-state index contributed by atoms with van der Waals surface area (Å²) < 4.78 is 0. The smallest absolute Gasteiger partial charge is 0.258 e. The highest BCUT2D eigenvalue weighted by Gasteiger charge is 2.17. The van der Waals surface area contributed by atoms with Gasteiger partial charge in [0.2, 0.25) is 0 Å². The second-order valence-electron chi connectivity index (χ2n) is 4.83. The van der Waals surface area contributed by atoms with Crippen LogP contribution in [0, 0.1) is 10.1 Å². The van der Waals surface area contributed by atoms with Crippen LogP contribution < -0.4 is 0 Å².